The van der Waals surface area contributed by atoms with Crippen molar-refractivity contribution < 1.29 is 19.4 Å². The molecule has 0 bridgehead atoms. The Bertz CT molecular complexity index is 468. The van der Waals surface area contributed by atoms with Crippen molar-refractivity contribution in [2.75, 3.05) is 0 Å². The van der Waals surface area contributed by atoms with Gasteiger partial charge in [0.1, 0.15) is 6.61 Å². The molecule has 0 aromatic heterocycles. The van der Waals surface area contributed by atoms with Crippen LogP contribution in [0.25, 0.3) is 0 Å². The first kappa shape index (κ1) is 13.4. The molecular formula is C14H17NO4. The maximum absolute atomic E-state index is 11.7. The minimum atomic E-state index is -0.902. The summed E-state index contributed by atoms with van der Waals surface area (Å²) in [6.45, 7) is 1.79. The fraction of sp³-hybridized carbons (Fsp3) is 0.429. The average molecular weight is 263 g/mol. The highest BCUT2D eigenvalue weighted by Crippen LogP contribution is 2.42. The predicted molar refractivity (Wildman–Crippen MR) is 68.5 cm³/mol. The highest BCUT2D eigenvalue weighted by Gasteiger charge is 2.52. The van der Waals surface area contributed by atoms with Gasteiger partial charge in [-0.3, -0.25) is 4.79 Å². The van der Waals surface area contributed by atoms with Crippen LogP contribution in [0, 0.1) is 5.92 Å². The molecule has 1 aliphatic rings. The predicted octanol–water partition coefficient (Wildman–Crippen LogP) is 2.17. The number of aliphatic carboxylic acids is 1. The molecule has 102 valence electrons. The van der Waals surface area contributed by atoms with Gasteiger partial charge < -0.3 is 15.2 Å². The van der Waals surface area contributed by atoms with Gasteiger partial charge in [-0.2, -0.15) is 0 Å². The molecule has 1 saturated carbocycles. The number of benzene rings is 1. The summed E-state index contributed by atoms with van der Waals surface area (Å²) < 4.78 is 5.09. The molecule has 5 heteroatoms. The molecule has 0 aliphatic heterocycles. The number of hydrogen-bond acceptors (Lipinski definition) is 3. The lowest BCUT2D eigenvalue weighted by Crippen LogP contribution is -2.44. The number of amides is 1. The second-order valence-electron chi connectivity index (χ2n) is 4.90. The molecule has 1 atom stereocenters. The molecule has 1 fully saturated rings. The number of ether oxygens (including phenoxy) is 1. The van der Waals surface area contributed by atoms with Crippen LogP contribution in [-0.4, -0.2) is 22.7 Å². The Morgan fingerprint density at radius 2 is 2.00 bits per heavy atom. The normalized spacial score (nSPS) is 17.3. The lowest BCUT2D eigenvalue weighted by atomic mass is 10.0. The van der Waals surface area contributed by atoms with Crippen molar-refractivity contribution in [3.05, 3.63) is 35.9 Å². The van der Waals surface area contributed by atoms with Gasteiger partial charge in [0, 0.05) is 0 Å². The van der Waals surface area contributed by atoms with E-state index in [0.29, 0.717) is 12.8 Å². The lowest BCUT2D eigenvalue weighted by Gasteiger charge is -2.21. The van der Waals surface area contributed by atoms with E-state index in [9.17, 15) is 9.59 Å². The average Bonchev–Trinajstić information content (AvgIpc) is 3.17. The quantitative estimate of drug-likeness (QED) is 0.853. The van der Waals surface area contributed by atoms with Crippen LogP contribution in [0.3, 0.4) is 0 Å². The summed E-state index contributed by atoms with van der Waals surface area (Å²) >= 11 is 0. The largest absolute Gasteiger partial charge is 0.481 e. The van der Waals surface area contributed by atoms with Crippen molar-refractivity contribution in [3.8, 4) is 0 Å². The molecule has 1 aromatic carbocycles. The molecular weight excluding hydrogens is 246 g/mol. The van der Waals surface area contributed by atoms with Gasteiger partial charge in [0.25, 0.3) is 0 Å². The van der Waals surface area contributed by atoms with Crippen LogP contribution in [0.4, 0.5) is 4.79 Å². The fourth-order valence-electron chi connectivity index (χ4n) is 2.00. The smallest absolute Gasteiger partial charge is 0.407 e. The third-order valence-corrected chi connectivity index (χ3v) is 3.55. The Balaban J connectivity index is 1.84. The van der Waals surface area contributed by atoms with E-state index in [1.54, 1.807) is 6.92 Å². The SMILES string of the molecule is CC(C(=O)O)C1(NC(=O)OCc2ccccc2)CC1. The summed E-state index contributed by atoms with van der Waals surface area (Å²) in [6.07, 6.45) is 0.802. The second-order valence-corrected chi connectivity index (χ2v) is 4.90. The summed E-state index contributed by atoms with van der Waals surface area (Å²) in [5, 5.41) is 11.7. The maximum Gasteiger partial charge on any atom is 0.407 e. The first-order valence-electron chi connectivity index (χ1n) is 6.25. The summed E-state index contributed by atoms with van der Waals surface area (Å²) in [4.78, 5) is 22.6. The monoisotopic (exact) mass is 263 g/mol. The highest BCUT2D eigenvalue weighted by atomic mass is 16.5. The van der Waals surface area contributed by atoms with E-state index in [1.165, 1.54) is 0 Å². The molecule has 1 aliphatic carbocycles. The molecule has 2 N–H and O–H groups in total. The Labute approximate surface area is 111 Å². The van der Waals surface area contributed by atoms with Crippen molar-refractivity contribution in [2.24, 2.45) is 5.92 Å². The Morgan fingerprint density at radius 3 is 2.53 bits per heavy atom. The Morgan fingerprint density at radius 1 is 1.37 bits per heavy atom. The number of alkyl carbamates (subject to hydrolysis) is 1. The number of carbonyl (C=O) groups excluding carboxylic acids is 1. The Hall–Kier alpha value is -2.04. The van der Waals surface area contributed by atoms with E-state index in [-0.39, 0.29) is 6.61 Å². The summed E-state index contributed by atoms with van der Waals surface area (Å²) in [5.41, 5.74) is 0.272. The zero-order valence-corrected chi connectivity index (χ0v) is 10.8. The first-order chi connectivity index (χ1) is 9.03. The summed E-state index contributed by atoms with van der Waals surface area (Å²) in [5.74, 6) is -1.50. The number of rotatable bonds is 5. The van der Waals surface area contributed by atoms with Crippen LogP contribution in [0.2, 0.25) is 0 Å². The zero-order chi connectivity index (χ0) is 13.9. The van der Waals surface area contributed by atoms with Crippen LogP contribution in [0.15, 0.2) is 30.3 Å². The second kappa shape index (κ2) is 5.30. The van der Waals surface area contributed by atoms with Crippen LogP contribution in [-0.2, 0) is 16.1 Å². The van der Waals surface area contributed by atoms with Crippen LogP contribution >= 0.6 is 0 Å². The van der Waals surface area contributed by atoms with Gasteiger partial charge >= 0.3 is 12.1 Å². The highest BCUT2D eigenvalue weighted by molar-refractivity contribution is 5.75. The molecule has 1 amide bonds. The first-order valence-corrected chi connectivity index (χ1v) is 6.25. The van der Waals surface area contributed by atoms with E-state index in [1.807, 2.05) is 30.3 Å². The molecule has 1 aromatic rings. The maximum atomic E-state index is 11.7. The molecule has 0 heterocycles. The van der Waals surface area contributed by atoms with Gasteiger partial charge in [0.05, 0.1) is 11.5 Å². The van der Waals surface area contributed by atoms with E-state index < -0.39 is 23.5 Å². The number of carboxylic acids is 1. The van der Waals surface area contributed by atoms with E-state index in [2.05, 4.69) is 5.32 Å². The van der Waals surface area contributed by atoms with Gasteiger partial charge in [-0.15, -0.1) is 0 Å². The van der Waals surface area contributed by atoms with Gasteiger partial charge in [0.15, 0.2) is 0 Å². The minimum absolute atomic E-state index is 0.185. The van der Waals surface area contributed by atoms with Gasteiger partial charge in [-0.25, -0.2) is 4.79 Å². The van der Waals surface area contributed by atoms with Crippen LogP contribution in [0.5, 0.6) is 0 Å². The third-order valence-electron chi connectivity index (χ3n) is 3.55. The lowest BCUT2D eigenvalue weighted by molar-refractivity contribution is -0.142. The number of carboxylic acid groups (broad SMARTS) is 1. The van der Waals surface area contributed by atoms with E-state index in [4.69, 9.17) is 9.84 Å². The minimum Gasteiger partial charge on any atom is -0.481 e. The van der Waals surface area contributed by atoms with Crippen molar-refractivity contribution in [1.82, 2.24) is 5.32 Å². The zero-order valence-electron chi connectivity index (χ0n) is 10.8. The van der Waals surface area contributed by atoms with Gasteiger partial charge in [-0.1, -0.05) is 30.3 Å². The molecule has 0 saturated heterocycles. The summed E-state index contributed by atoms with van der Waals surface area (Å²) in [6, 6.07) is 9.34. The fourth-order valence-corrected chi connectivity index (χ4v) is 2.00. The van der Waals surface area contributed by atoms with E-state index in [0.717, 1.165) is 5.56 Å². The molecule has 19 heavy (non-hydrogen) atoms. The van der Waals surface area contributed by atoms with Crippen molar-refractivity contribution in [3.63, 3.8) is 0 Å². The molecule has 1 unspecified atom stereocenters. The van der Waals surface area contributed by atoms with Crippen molar-refractivity contribution >= 4 is 12.1 Å². The molecule has 5 nitrogen and oxygen atoms in total. The van der Waals surface area contributed by atoms with Crippen molar-refractivity contribution in [2.45, 2.75) is 31.9 Å². The molecule has 2 rings (SSSR count). The van der Waals surface area contributed by atoms with Gasteiger partial charge in [-0.05, 0) is 25.3 Å². The van der Waals surface area contributed by atoms with Crippen LogP contribution < -0.4 is 5.32 Å². The topological polar surface area (TPSA) is 75.6 Å². The van der Waals surface area contributed by atoms with E-state index >= 15 is 0 Å². The Kier molecular flexibility index (Phi) is 3.74. The van der Waals surface area contributed by atoms with Gasteiger partial charge in [0.2, 0.25) is 0 Å². The number of carbonyl (C=O) groups is 2. The molecule has 0 radical (unpaired) electrons. The standard InChI is InChI=1S/C14H17NO4/c1-10(12(16)17)14(7-8-14)15-13(18)19-9-11-5-3-2-4-6-11/h2-6,10H,7-9H2,1H3,(H,15,18)(H,16,17). The van der Waals surface area contributed by atoms with Crippen molar-refractivity contribution in [1.29, 1.82) is 0 Å². The number of hydrogen-bond donors (Lipinski definition) is 2. The summed E-state index contributed by atoms with van der Waals surface area (Å²) in [7, 11) is 0. The number of nitrogens with one attached hydrogen (secondary N) is 1. The van der Waals surface area contributed by atoms with Crippen LogP contribution in [0.1, 0.15) is 25.3 Å². The molecule has 0 spiro atoms. The third kappa shape index (κ3) is 3.24.